The number of thiophene rings is 1. The van der Waals surface area contributed by atoms with Crippen LogP contribution in [0.2, 0.25) is 0 Å². The van der Waals surface area contributed by atoms with E-state index in [0.29, 0.717) is 21.6 Å². The number of benzene rings is 1. The summed E-state index contributed by atoms with van der Waals surface area (Å²) in [6, 6.07) is 9.02. The van der Waals surface area contributed by atoms with Crippen LogP contribution in [-0.2, 0) is 4.79 Å². The molecule has 0 radical (unpaired) electrons. The summed E-state index contributed by atoms with van der Waals surface area (Å²) in [5.74, 6) is -0.717. The van der Waals surface area contributed by atoms with Crippen LogP contribution in [0.15, 0.2) is 48.8 Å². The Morgan fingerprint density at radius 3 is 2.42 bits per heavy atom. The number of rotatable bonds is 5. The molecular weight excluding hydrogens is 357 g/mol. The third-order valence-electron chi connectivity index (χ3n) is 3.72. The van der Waals surface area contributed by atoms with Gasteiger partial charge < -0.3 is 5.32 Å². The Bertz CT molecular complexity index is 956. The molecule has 2 heterocycles. The zero-order valence-electron chi connectivity index (χ0n) is 13.7. The van der Waals surface area contributed by atoms with Crippen LogP contribution in [0, 0.1) is 15.9 Å². The van der Waals surface area contributed by atoms with Crippen molar-refractivity contribution in [1.29, 1.82) is 0 Å². The van der Waals surface area contributed by atoms with E-state index in [0.717, 1.165) is 11.3 Å². The van der Waals surface area contributed by atoms with Crippen molar-refractivity contribution in [2.45, 2.75) is 13.3 Å². The fourth-order valence-electron chi connectivity index (χ4n) is 2.49. The lowest BCUT2D eigenvalue weighted by atomic mass is 10.0. The number of nitrogens with zero attached hydrogens (tertiary/aromatic N) is 2. The van der Waals surface area contributed by atoms with Crippen molar-refractivity contribution in [2.75, 3.05) is 5.32 Å². The number of carbonyl (C=O) groups is 1. The Morgan fingerprint density at radius 1 is 1.19 bits per heavy atom. The van der Waals surface area contributed by atoms with E-state index < -0.39 is 10.7 Å². The molecule has 8 heteroatoms. The Morgan fingerprint density at radius 2 is 1.85 bits per heavy atom. The van der Waals surface area contributed by atoms with Gasteiger partial charge >= 0.3 is 5.69 Å². The molecule has 0 fully saturated rings. The molecule has 2 aromatic heterocycles. The first-order valence-corrected chi connectivity index (χ1v) is 8.60. The third-order valence-corrected chi connectivity index (χ3v) is 4.86. The van der Waals surface area contributed by atoms with Gasteiger partial charge in [0.15, 0.2) is 5.00 Å². The predicted molar refractivity (Wildman–Crippen MR) is 98.5 cm³/mol. The quantitative estimate of drug-likeness (QED) is 0.512. The van der Waals surface area contributed by atoms with E-state index in [4.69, 9.17) is 0 Å². The zero-order valence-corrected chi connectivity index (χ0v) is 14.5. The monoisotopic (exact) mass is 371 g/mol. The van der Waals surface area contributed by atoms with Gasteiger partial charge in [0.25, 0.3) is 0 Å². The molecular formula is C18H14FN3O3S. The number of nitro groups is 1. The standard InChI is InChI=1S/C18H14FN3O3S/c1-2-14(23)21-18-16(22(24)25)15(11-7-9-20-10-8-11)17(26-18)12-3-5-13(19)6-4-12/h3-10H,2H2,1H3,(H,21,23). The van der Waals surface area contributed by atoms with Gasteiger partial charge in [0.05, 0.1) is 15.4 Å². The van der Waals surface area contributed by atoms with Gasteiger partial charge in [0, 0.05) is 18.8 Å². The van der Waals surface area contributed by atoms with E-state index in [1.54, 1.807) is 31.2 Å². The van der Waals surface area contributed by atoms with Gasteiger partial charge in [-0.1, -0.05) is 19.1 Å². The van der Waals surface area contributed by atoms with Gasteiger partial charge in [-0.25, -0.2) is 4.39 Å². The lowest BCUT2D eigenvalue weighted by molar-refractivity contribution is -0.382. The Balaban J connectivity index is 2.28. The minimum absolute atomic E-state index is 0.160. The second-order valence-corrected chi connectivity index (χ2v) is 6.41. The third kappa shape index (κ3) is 3.45. The minimum Gasteiger partial charge on any atom is -0.312 e. The second-order valence-electron chi connectivity index (χ2n) is 5.39. The highest BCUT2D eigenvalue weighted by Crippen LogP contribution is 2.50. The van der Waals surface area contributed by atoms with Crippen LogP contribution in [0.25, 0.3) is 21.6 Å². The van der Waals surface area contributed by atoms with Crippen LogP contribution >= 0.6 is 11.3 Å². The fraction of sp³-hybridized carbons (Fsp3) is 0.111. The summed E-state index contributed by atoms with van der Waals surface area (Å²) in [5.41, 5.74) is 1.42. The first-order chi connectivity index (χ1) is 12.5. The number of amides is 1. The Hall–Kier alpha value is -3.13. The maximum Gasteiger partial charge on any atom is 0.312 e. The molecule has 0 saturated carbocycles. The number of anilines is 1. The molecule has 0 spiro atoms. The number of carbonyl (C=O) groups excluding carboxylic acids is 1. The topological polar surface area (TPSA) is 85.1 Å². The first-order valence-electron chi connectivity index (χ1n) is 7.78. The van der Waals surface area contributed by atoms with Crippen molar-refractivity contribution in [3.05, 3.63) is 64.7 Å². The molecule has 1 N–H and O–H groups in total. The molecule has 132 valence electrons. The van der Waals surface area contributed by atoms with Gasteiger partial charge in [0.1, 0.15) is 5.82 Å². The number of hydrogen-bond donors (Lipinski definition) is 1. The summed E-state index contributed by atoms with van der Waals surface area (Å²) in [7, 11) is 0. The molecule has 0 aliphatic rings. The zero-order chi connectivity index (χ0) is 18.7. The summed E-state index contributed by atoms with van der Waals surface area (Å²) < 4.78 is 13.3. The molecule has 0 atom stereocenters. The summed E-state index contributed by atoms with van der Waals surface area (Å²) in [4.78, 5) is 27.6. The van der Waals surface area contributed by atoms with Crippen molar-refractivity contribution < 1.29 is 14.1 Å². The van der Waals surface area contributed by atoms with E-state index in [1.165, 1.54) is 24.5 Å². The molecule has 0 aliphatic heterocycles. The molecule has 0 bridgehead atoms. The van der Waals surface area contributed by atoms with Crippen molar-refractivity contribution in [2.24, 2.45) is 0 Å². The van der Waals surface area contributed by atoms with Crippen LogP contribution < -0.4 is 5.32 Å². The highest BCUT2D eigenvalue weighted by atomic mass is 32.1. The summed E-state index contributed by atoms with van der Waals surface area (Å²) >= 11 is 1.10. The Labute approximate surface area is 152 Å². The summed E-state index contributed by atoms with van der Waals surface area (Å²) in [6.45, 7) is 1.67. The number of halogens is 1. The average Bonchev–Trinajstić information content (AvgIpc) is 3.02. The van der Waals surface area contributed by atoms with Crippen LogP contribution in [0.4, 0.5) is 15.1 Å². The van der Waals surface area contributed by atoms with E-state index in [1.807, 2.05) is 0 Å². The Kier molecular flexibility index (Phi) is 5.04. The lowest BCUT2D eigenvalue weighted by Gasteiger charge is -2.04. The summed E-state index contributed by atoms with van der Waals surface area (Å²) in [5, 5.41) is 14.5. The SMILES string of the molecule is CCC(=O)Nc1sc(-c2ccc(F)cc2)c(-c2ccncc2)c1[N+](=O)[O-]. The van der Waals surface area contributed by atoms with E-state index >= 15 is 0 Å². The van der Waals surface area contributed by atoms with Crippen LogP contribution in [-0.4, -0.2) is 15.8 Å². The summed E-state index contributed by atoms with van der Waals surface area (Å²) in [6.07, 6.45) is 3.27. The number of aromatic nitrogens is 1. The van der Waals surface area contributed by atoms with Gasteiger partial charge in [-0.15, -0.1) is 11.3 Å². The smallest absolute Gasteiger partial charge is 0.312 e. The van der Waals surface area contributed by atoms with Crippen LogP contribution in [0.5, 0.6) is 0 Å². The molecule has 0 unspecified atom stereocenters. The fourth-order valence-corrected chi connectivity index (χ4v) is 3.70. The first kappa shape index (κ1) is 17.7. The minimum atomic E-state index is -0.509. The lowest BCUT2D eigenvalue weighted by Crippen LogP contribution is -2.09. The number of pyridine rings is 1. The van der Waals surface area contributed by atoms with E-state index in [9.17, 15) is 19.3 Å². The molecule has 1 amide bonds. The predicted octanol–water partition coefficient (Wildman–Crippen LogP) is 4.87. The second kappa shape index (κ2) is 7.40. The largest absolute Gasteiger partial charge is 0.312 e. The average molecular weight is 371 g/mol. The normalized spacial score (nSPS) is 10.5. The van der Waals surface area contributed by atoms with Gasteiger partial charge in [-0.05, 0) is 35.4 Å². The van der Waals surface area contributed by atoms with Crippen LogP contribution in [0.3, 0.4) is 0 Å². The van der Waals surface area contributed by atoms with Crippen molar-refractivity contribution in [3.8, 4) is 21.6 Å². The van der Waals surface area contributed by atoms with Crippen molar-refractivity contribution in [3.63, 3.8) is 0 Å². The van der Waals surface area contributed by atoms with Gasteiger partial charge in [0.2, 0.25) is 5.91 Å². The highest BCUT2D eigenvalue weighted by Gasteiger charge is 2.30. The van der Waals surface area contributed by atoms with Crippen molar-refractivity contribution in [1.82, 2.24) is 4.98 Å². The van der Waals surface area contributed by atoms with Gasteiger partial charge in [-0.3, -0.25) is 19.9 Å². The molecule has 3 aromatic rings. The number of hydrogen-bond acceptors (Lipinski definition) is 5. The molecule has 26 heavy (non-hydrogen) atoms. The highest BCUT2D eigenvalue weighted by molar-refractivity contribution is 7.21. The van der Waals surface area contributed by atoms with Gasteiger partial charge in [-0.2, -0.15) is 0 Å². The molecule has 3 rings (SSSR count). The maximum absolute atomic E-state index is 13.3. The van der Waals surface area contributed by atoms with Crippen molar-refractivity contribution >= 4 is 27.9 Å². The number of nitrogens with one attached hydrogen (secondary N) is 1. The maximum atomic E-state index is 13.3. The molecule has 1 aromatic carbocycles. The van der Waals surface area contributed by atoms with E-state index in [2.05, 4.69) is 10.3 Å². The molecule has 0 saturated heterocycles. The van der Waals surface area contributed by atoms with Crippen LogP contribution in [0.1, 0.15) is 13.3 Å². The molecule has 6 nitrogen and oxygen atoms in total. The molecule has 0 aliphatic carbocycles. The van der Waals surface area contributed by atoms with E-state index in [-0.39, 0.29) is 23.0 Å².